The van der Waals surface area contributed by atoms with Crippen LogP contribution in [-0.2, 0) is 21.4 Å². The van der Waals surface area contributed by atoms with E-state index in [4.69, 9.17) is 0 Å². The molecule has 0 saturated carbocycles. The van der Waals surface area contributed by atoms with Gasteiger partial charge in [0.25, 0.3) is 10.0 Å². The zero-order valence-electron chi connectivity index (χ0n) is 15.6. The number of benzene rings is 1. The minimum absolute atomic E-state index is 0.0854. The molecule has 146 valence electrons. The second-order valence-corrected chi connectivity index (χ2v) is 10.0. The van der Waals surface area contributed by atoms with Crippen LogP contribution in [0.1, 0.15) is 18.4 Å². The minimum atomic E-state index is -3.50. The van der Waals surface area contributed by atoms with Crippen LogP contribution in [0.25, 0.3) is 0 Å². The predicted octanol–water partition coefficient (Wildman–Crippen LogP) is 2.53. The summed E-state index contributed by atoms with van der Waals surface area (Å²) in [6, 6.07) is 11.3. The van der Waals surface area contributed by atoms with Crippen molar-refractivity contribution in [1.29, 1.82) is 0 Å². The maximum atomic E-state index is 12.7. The number of nitrogens with one attached hydrogen (secondary N) is 1. The van der Waals surface area contributed by atoms with E-state index in [2.05, 4.69) is 5.32 Å². The van der Waals surface area contributed by atoms with Crippen LogP contribution in [0.4, 0.5) is 5.69 Å². The van der Waals surface area contributed by atoms with Gasteiger partial charge >= 0.3 is 0 Å². The van der Waals surface area contributed by atoms with Crippen molar-refractivity contribution in [2.24, 2.45) is 5.92 Å². The van der Waals surface area contributed by atoms with E-state index < -0.39 is 10.0 Å². The molecule has 1 amide bonds. The van der Waals surface area contributed by atoms with Crippen LogP contribution in [-0.4, -0.2) is 45.8 Å². The lowest BCUT2D eigenvalue weighted by atomic mass is 9.99. The monoisotopic (exact) mass is 407 g/mol. The van der Waals surface area contributed by atoms with Gasteiger partial charge in [0, 0.05) is 39.4 Å². The zero-order chi connectivity index (χ0) is 19.4. The molecule has 1 N–H and O–H groups in total. The molecular formula is C19H25N3O3S2. The lowest BCUT2D eigenvalue weighted by molar-refractivity contribution is -0.126. The molecule has 1 atom stereocenters. The number of sulfonamides is 1. The van der Waals surface area contributed by atoms with Crippen molar-refractivity contribution in [2.75, 3.05) is 32.1 Å². The third-order valence-corrected chi connectivity index (χ3v) is 8.00. The Hall–Kier alpha value is -1.90. The van der Waals surface area contributed by atoms with E-state index in [0.29, 0.717) is 30.1 Å². The van der Waals surface area contributed by atoms with Gasteiger partial charge in [-0.15, -0.1) is 11.3 Å². The number of hydrogen-bond acceptors (Lipinski definition) is 5. The number of amides is 1. The zero-order valence-corrected chi connectivity index (χ0v) is 17.2. The molecule has 0 spiro atoms. The Morgan fingerprint density at radius 1 is 1.26 bits per heavy atom. The molecule has 1 saturated heterocycles. The van der Waals surface area contributed by atoms with Crippen molar-refractivity contribution >= 4 is 33.0 Å². The average molecular weight is 408 g/mol. The standard InChI is InChI=1S/C19H25N3O3S2/c1-21(2)17-9-7-15(8-10-17)13-20-19(23)16-5-3-11-22(14-16)27(24,25)18-6-4-12-26-18/h4,6-10,12,16H,3,5,11,13-14H2,1-2H3,(H,20,23). The first-order chi connectivity index (χ1) is 12.9. The van der Waals surface area contributed by atoms with Crippen LogP contribution in [0.5, 0.6) is 0 Å². The highest BCUT2D eigenvalue weighted by molar-refractivity contribution is 7.91. The molecule has 0 radical (unpaired) electrons. The topological polar surface area (TPSA) is 69.7 Å². The summed E-state index contributed by atoms with van der Waals surface area (Å²) in [6.45, 7) is 1.16. The molecule has 1 aromatic heterocycles. The lowest BCUT2D eigenvalue weighted by Crippen LogP contribution is -2.45. The summed E-state index contributed by atoms with van der Waals surface area (Å²) < 4.78 is 27.1. The van der Waals surface area contributed by atoms with Crippen molar-refractivity contribution < 1.29 is 13.2 Å². The first-order valence-electron chi connectivity index (χ1n) is 8.95. The van der Waals surface area contributed by atoms with Crippen molar-refractivity contribution in [3.63, 3.8) is 0 Å². The number of carbonyl (C=O) groups excluding carboxylic acids is 1. The van der Waals surface area contributed by atoms with Gasteiger partial charge in [-0.1, -0.05) is 18.2 Å². The predicted molar refractivity (Wildman–Crippen MR) is 108 cm³/mol. The molecule has 1 aromatic carbocycles. The molecule has 1 unspecified atom stereocenters. The number of thiophene rings is 1. The van der Waals surface area contributed by atoms with Gasteiger partial charge in [-0.05, 0) is 42.0 Å². The highest BCUT2D eigenvalue weighted by atomic mass is 32.2. The molecule has 3 rings (SSSR count). The maximum absolute atomic E-state index is 12.7. The average Bonchev–Trinajstić information content (AvgIpc) is 3.22. The fraction of sp³-hybridized carbons (Fsp3) is 0.421. The van der Waals surface area contributed by atoms with E-state index in [1.165, 1.54) is 15.6 Å². The molecular weight excluding hydrogens is 382 g/mol. The Labute approximate surface area is 164 Å². The van der Waals surface area contributed by atoms with Crippen LogP contribution in [0, 0.1) is 5.92 Å². The van der Waals surface area contributed by atoms with Gasteiger partial charge < -0.3 is 10.2 Å². The van der Waals surface area contributed by atoms with Gasteiger partial charge in [0.15, 0.2) is 0 Å². The van der Waals surface area contributed by atoms with Crippen LogP contribution in [0.15, 0.2) is 46.0 Å². The summed E-state index contributed by atoms with van der Waals surface area (Å²) in [5.41, 5.74) is 2.12. The van der Waals surface area contributed by atoms with E-state index >= 15 is 0 Å². The Bertz CT molecular complexity index is 862. The van der Waals surface area contributed by atoms with Crippen LogP contribution < -0.4 is 10.2 Å². The molecule has 0 aliphatic carbocycles. The van der Waals surface area contributed by atoms with Gasteiger partial charge in [0.1, 0.15) is 4.21 Å². The summed E-state index contributed by atoms with van der Waals surface area (Å²) in [7, 11) is 0.466. The molecule has 8 heteroatoms. The van der Waals surface area contributed by atoms with Gasteiger partial charge in [-0.25, -0.2) is 8.42 Å². The first-order valence-corrected chi connectivity index (χ1v) is 11.3. The van der Waals surface area contributed by atoms with Crippen LogP contribution >= 0.6 is 11.3 Å². The molecule has 0 bridgehead atoms. The quantitative estimate of drug-likeness (QED) is 0.799. The van der Waals surface area contributed by atoms with Crippen LogP contribution in [0.3, 0.4) is 0 Å². The Morgan fingerprint density at radius 2 is 2.00 bits per heavy atom. The Morgan fingerprint density at radius 3 is 2.63 bits per heavy atom. The minimum Gasteiger partial charge on any atom is -0.378 e. The van der Waals surface area contributed by atoms with Gasteiger partial charge in [-0.2, -0.15) is 4.31 Å². The van der Waals surface area contributed by atoms with Crippen molar-refractivity contribution in [2.45, 2.75) is 23.6 Å². The third kappa shape index (κ3) is 4.69. The maximum Gasteiger partial charge on any atom is 0.252 e. The van der Waals surface area contributed by atoms with Crippen LogP contribution in [0.2, 0.25) is 0 Å². The van der Waals surface area contributed by atoms with E-state index in [1.54, 1.807) is 17.5 Å². The molecule has 27 heavy (non-hydrogen) atoms. The molecule has 1 aliphatic heterocycles. The molecule has 6 nitrogen and oxygen atoms in total. The largest absolute Gasteiger partial charge is 0.378 e. The fourth-order valence-electron chi connectivity index (χ4n) is 3.16. The van der Waals surface area contributed by atoms with Gasteiger partial charge in [-0.3, -0.25) is 4.79 Å². The number of rotatable bonds is 6. The smallest absolute Gasteiger partial charge is 0.252 e. The van der Waals surface area contributed by atoms with Gasteiger partial charge in [0.05, 0.1) is 5.92 Å². The number of hydrogen-bond donors (Lipinski definition) is 1. The number of carbonyl (C=O) groups is 1. The van der Waals surface area contributed by atoms with Crippen molar-refractivity contribution in [1.82, 2.24) is 9.62 Å². The highest BCUT2D eigenvalue weighted by Gasteiger charge is 2.33. The second kappa shape index (κ2) is 8.41. The van der Waals surface area contributed by atoms with E-state index in [0.717, 1.165) is 11.3 Å². The number of anilines is 1. The Balaban J connectivity index is 1.58. The Kier molecular flexibility index (Phi) is 6.18. The normalized spacial score (nSPS) is 18.2. The summed E-state index contributed by atoms with van der Waals surface area (Å²) in [4.78, 5) is 14.6. The molecule has 1 fully saturated rings. The summed E-state index contributed by atoms with van der Waals surface area (Å²) >= 11 is 1.21. The summed E-state index contributed by atoms with van der Waals surface area (Å²) in [5.74, 6) is -0.396. The van der Waals surface area contributed by atoms with Crippen molar-refractivity contribution in [3.8, 4) is 0 Å². The fourth-order valence-corrected chi connectivity index (χ4v) is 5.83. The van der Waals surface area contributed by atoms with E-state index in [1.807, 2.05) is 43.3 Å². The summed E-state index contributed by atoms with van der Waals surface area (Å²) in [6.07, 6.45) is 1.40. The summed E-state index contributed by atoms with van der Waals surface area (Å²) in [5, 5.41) is 4.71. The molecule has 2 heterocycles. The first kappa shape index (κ1) is 19.9. The molecule has 2 aromatic rings. The van der Waals surface area contributed by atoms with Crippen molar-refractivity contribution in [3.05, 3.63) is 47.3 Å². The lowest BCUT2D eigenvalue weighted by Gasteiger charge is -2.30. The van der Waals surface area contributed by atoms with Gasteiger partial charge in [0.2, 0.25) is 5.91 Å². The second-order valence-electron chi connectivity index (χ2n) is 6.91. The number of piperidine rings is 1. The molecule has 1 aliphatic rings. The SMILES string of the molecule is CN(C)c1ccc(CNC(=O)C2CCCN(S(=O)(=O)c3cccs3)C2)cc1. The van der Waals surface area contributed by atoms with E-state index in [-0.39, 0.29) is 18.4 Å². The number of nitrogens with zero attached hydrogens (tertiary/aromatic N) is 2. The highest BCUT2D eigenvalue weighted by Crippen LogP contribution is 2.26. The van der Waals surface area contributed by atoms with E-state index in [9.17, 15) is 13.2 Å². The third-order valence-electron chi connectivity index (χ3n) is 4.76.